The van der Waals surface area contributed by atoms with Crippen LogP contribution in [-0.2, 0) is 0 Å². The van der Waals surface area contributed by atoms with Crippen molar-refractivity contribution in [2.24, 2.45) is 5.73 Å². The van der Waals surface area contributed by atoms with E-state index in [1.165, 1.54) is 6.33 Å². The number of anilines is 1. The van der Waals surface area contributed by atoms with Crippen LogP contribution in [0.25, 0.3) is 5.82 Å². The molecule has 2 heterocycles. The van der Waals surface area contributed by atoms with E-state index in [0.717, 1.165) is 11.1 Å². The molecule has 2 aromatic heterocycles. The van der Waals surface area contributed by atoms with E-state index in [0.29, 0.717) is 23.8 Å². The predicted octanol–water partition coefficient (Wildman–Crippen LogP) is 3.65. The molecule has 1 aliphatic rings. The Hall–Kier alpha value is -3.11. The maximum Gasteiger partial charge on any atom is 0.271 e. The number of imidazole rings is 1. The third-order valence-electron chi connectivity index (χ3n) is 5.44. The Morgan fingerprint density at radius 1 is 1.36 bits per heavy atom. The Balaban J connectivity index is 1.49. The molecule has 1 amide bonds. The first-order valence-corrected chi connectivity index (χ1v) is 10.9. The molecule has 1 unspecified atom stereocenters. The van der Waals surface area contributed by atoms with Crippen molar-refractivity contribution >= 4 is 23.5 Å². The van der Waals surface area contributed by atoms with Crippen molar-refractivity contribution in [3.05, 3.63) is 64.8 Å². The lowest BCUT2D eigenvalue weighted by Gasteiger charge is -2.35. The minimum atomic E-state index is -2.63. The smallest absolute Gasteiger partial charge is 0.271 e. The quantitative estimate of drug-likeness (QED) is 0.458. The molecule has 4 N–H and O–H groups in total. The lowest BCUT2D eigenvalue weighted by molar-refractivity contribution is -0.0794. The molecule has 1 saturated carbocycles. The van der Waals surface area contributed by atoms with Crippen LogP contribution in [0, 0.1) is 6.92 Å². The molecule has 0 saturated heterocycles. The van der Waals surface area contributed by atoms with Crippen molar-refractivity contribution in [2.75, 3.05) is 11.9 Å². The minimum absolute atomic E-state index is 0.199. The van der Waals surface area contributed by atoms with Crippen molar-refractivity contribution in [1.82, 2.24) is 24.8 Å². The third-order valence-corrected chi connectivity index (χ3v) is 5.67. The first-order chi connectivity index (χ1) is 15.7. The number of hydrogen-bond acceptors (Lipinski definition) is 6. The molecule has 1 fully saturated rings. The molecule has 1 atom stereocenters. The standard InChI is InChI=1S/C22H24ClF2N7O/c1-13-10-27-21(29-16-8-22(24,25)9-16)31-19(13)32-11-18(28-12-32)20(33)30-17(5-6-26)14-3-2-4-15(23)7-14/h2-4,7,10-12,16-17H,5-6,8-9,26H2,1H3,(H,30,33)(H,27,29,31). The highest BCUT2D eigenvalue weighted by Gasteiger charge is 2.45. The normalized spacial score (nSPS) is 16.2. The van der Waals surface area contributed by atoms with Crippen LogP contribution < -0.4 is 16.4 Å². The molecule has 1 aromatic carbocycles. The van der Waals surface area contributed by atoms with Crippen LogP contribution in [0.4, 0.5) is 14.7 Å². The summed E-state index contributed by atoms with van der Waals surface area (Å²) in [6.07, 6.45) is 4.67. The number of hydrogen-bond donors (Lipinski definition) is 3. The van der Waals surface area contributed by atoms with Gasteiger partial charge in [0.1, 0.15) is 17.8 Å². The van der Waals surface area contributed by atoms with Crippen LogP contribution in [0.5, 0.6) is 0 Å². The van der Waals surface area contributed by atoms with Gasteiger partial charge in [-0.05, 0) is 37.6 Å². The molecule has 174 valence electrons. The van der Waals surface area contributed by atoms with E-state index in [4.69, 9.17) is 17.3 Å². The van der Waals surface area contributed by atoms with Crippen LogP contribution in [-0.4, -0.2) is 43.9 Å². The van der Waals surface area contributed by atoms with Crippen molar-refractivity contribution in [3.63, 3.8) is 0 Å². The summed E-state index contributed by atoms with van der Waals surface area (Å²) in [4.78, 5) is 25.7. The second-order valence-corrected chi connectivity index (χ2v) is 8.57. The number of carbonyl (C=O) groups is 1. The van der Waals surface area contributed by atoms with Gasteiger partial charge in [-0.15, -0.1) is 0 Å². The van der Waals surface area contributed by atoms with Crippen LogP contribution in [0.3, 0.4) is 0 Å². The summed E-state index contributed by atoms with van der Waals surface area (Å²) in [5.41, 5.74) is 7.52. The fourth-order valence-electron chi connectivity index (χ4n) is 3.71. The zero-order valence-electron chi connectivity index (χ0n) is 17.9. The number of nitrogens with one attached hydrogen (secondary N) is 2. The zero-order valence-corrected chi connectivity index (χ0v) is 18.7. The fourth-order valence-corrected chi connectivity index (χ4v) is 3.91. The number of rotatable bonds is 8. The van der Waals surface area contributed by atoms with Crippen molar-refractivity contribution in [2.45, 2.75) is 44.2 Å². The summed E-state index contributed by atoms with van der Waals surface area (Å²) in [6, 6.07) is 6.56. The number of aromatic nitrogens is 4. The molecule has 0 bridgehead atoms. The third kappa shape index (κ3) is 5.45. The maximum absolute atomic E-state index is 13.1. The van der Waals surface area contributed by atoms with Gasteiger partial charge in [-0.2, -0.15) is 4.98 Å². The van der Waals surface area contributed by atoms with Gasteiger partial charge in [0.2, 0.25) is 5.95 Å². The van der Waals surface area contributed by atoms with Gasteiger partial charge in [0.15, 0.2) is 0 Å². The number of amides is 1. The van der Waals surface area contributed by atoms with Crippen LogP contribution >= 0.6 is 11.6 Å². The van der Waals surface area contributed by atoms with E-state index in [-0.39, 0.29) is 42.5 Å². The Morgan fingerprint density at radius 2 is 2.15 bits per heavy atom. The molecule has 4 rings (SSSR count). The summed E-state index contributed by atoms with van der Waals surface area (Å²) in [5.74, 6) is -2.25. The van der Waals surface area contributed by atoms with Crippen LogP contribution in [0.2, 0.25) is 5.02 Å². The van der Waals surface area contributed by atoms with Crippen molar-refractivity contribution in [1.29, 1.82) is 0 Å². The largest absolute Gasteiger partial charge is 0.351 e. The molecule has 0 radical (unpaired) electrons. The molecular weight excluding hydrogens is 452 g/mol. The Bertz CT molecular complexity index is 1150. The van der Waals surface area contributed by atoms with Gasteiger partial charge < -0.3 is 16.4 Å². The van der Waals surface area contributed by atoms with Gasteiger partial charge in [-0.1, -0.05) is 23.7 Å². The topological polar surface area (TPSA) is 111 Å². The van der Waals surface area contributed by atoms with Gasteiger partial charge in [-0.3, -0.25) is 9.36 Å². The summed E-state index contributed by atoms with van der Waals surface area (Å²) < 4.78 is 27.8. The van der Waals surface area contributed by atoms with Gasteiger partial charge in [-0.25, -0.2) is 18.7 Å². The van der Waals surface area contributed by atoms with Gasteiger partial charge in [0.05, 0.1) is 6.04 Å². The SMILES string of the molecule is Cc1cnc(NC2CC(F)(F)C2)nc1-n1cnc(C(=O)NC(CCN)c2cccc(Cl)c2)c1. The average Bonchev–Trinajstić information content (AvgIpc) is 3.23. The first-order valence-electron chi connectivity index (χ1n) is 10.5. The molecule has 0 aliphatic heterocycles. The summed E-state index contributed by atoms with van der Waals surface area (Å²) in [5, 5.41) is 6.45. The zero-order chi connectivity index (χ0) is 23.6. The molecule has 1 aliphatic carbocycles. The van der Waals surface area contributed by atoms with Gasteiger partial charge in [0.25, 0.3) is 11.8 Å². The lowest BCUT2D eigenvalue weighted by atomic mass is 9.88. The lowest BCUT2D eigenvalue weighted by Crippen LogP contribution is -2.44. The molecule has 33 heavy (non-hydrogen) atoms. The van der Waals surface area contributed by atoms with Crippen LogP contribution in [0.1, 0.15) is 46.9 Å². The number of nitrogens with zero attached hydrogens (tertiary/aromatic N) is 4. The number of nitrogens with two attached hydrogens (primary N) is 1. The first kappa shape index (κ1) is 23.1. The second kappa shape index (κ2) is 9.40. The highest BCUT2D eigenvalue weighted by molar-refractivity contribution is 6.30. The van der Waals surface area contributed by atoms with Crippen molar-refractivity contribution in [3.8, 4) is 5.82 Å². The molecule has 8 nitrogen and oxygen atoms in total. The Labute approximate surface area is 194 Å². The average molecular weight is 476 g/mol. The van der Waals surface area contributed by atoms with E-state index in [9.17, 15) is 13.6 Å². The van der Waals surface area contributed by atoms with E-state index in [1.54, 1.807) is 29.1 Å². The fraction of sp³-hybridized carbons (Fsp3) is 0.364. The predicted molar refractivity (Wildman–Crippen MR) is 121 cm³/mol. The monoisotopic (exact) mass is 475 g/mol. The van der Waals surface area contributed by atoms with E-state index in [2.05, 4.69) is 25.6 Å². The van der Waals surface area contributed by atoms with E-state index in [1.807, 2.05) is 19.1 Å². The number of carbonyl (C=O) groups excluding carboxylic acids is 1. The molecular formula is C22H24ClF2N7O. The Kier molecular flexibility index (Phi) is 6.57. The van der Waals surface area contributed by atoms with Gasteiger partial charge >= 0.3 is 0 Å². The highest BCUT2D eigenvalue weighted by atomic mass is 35.5. The number of benzene rings is 1. The Morgan fingerprint density at radius 3 is 2.85 bits per heavy atom. The molecule has 3 aromatic rings. The number of halogens is 3. The van der Waals surface area contributed by atoms with E-state index >= 15 is 0 Å². The summed E-state index contributed by atoms with van der Waals surface area (Å²) in [6.45, 7) is 2.20. The van der Waals surface area contributed by atoms with E-state index < -0.39 is 5.92 Å². The number of alkyl halides is 2. The minimum Gasteiger partial charge on any atom is -0.351 e. The van der Waals surface area contributed by atoms with Gasteiger partial charge in [0, 0.05) is 41.9 Å². The molecule has 11 heteroatoms. The maximum atomic E-state index is 13.1. The highest BCUT2D eigenvalue weighted by Crippen LogP contribution is 2.38. The number of aryl methyl sites for hydroxylation is 1. The van der Waals surface area contributed by atoms with Crippen LogP contribution in [0.15, 0.2) is 43.0 Å². The van der Waals surface area contributed by atoms with Crippen molar-refractivity contribution < 1.29 is 13.6 Å². The summed E-state index contributed by atoms with van der Waals surface area (Å²) in [7, 11) is 0. The summed E-state index contributed by atoms with van der Waals surface area (Å²) >= 11 is 6.09. The molecule has 0 spiro atoms. The second-order valence-electron chi connectivity index (χ2n) is 8.13.